The van der Waals surface area contributed by atoms with Crippen molar-refractivity contribution < 1.29 is 0 Å². The van der Waals surface area contributed by atoms with Crippen molar-refractivity contribution in [1.29, 1.82) is 0 Å². The van der Waals surface area contributed by atoms with Crippen molar-refractivity contribution in [2.75, 3.05) is 0 Å². The molecule has 0 saturated heterocycles. The number of H-pyrrole nitrogens is 1. The Morgan fingerprint density at radius 1 is 0.396 bits per heavy atom. The van der Waals surface area contributed by atoms with Crippen molar-refractivity contribution in [3.63, 3.8) is 0 Å². The molecule has 2 heteroatoms. The van der Waals surface area contributed by atoms with Crippen LogP contribution in [0.25, 0.3) is 75.7 Å². The van der Waals surface area contributed by atoms with Gasteiger partial charge >= 0.3 is 0 Å². The fourth-order valence-electron chi connectivity index (χ4n) is 7.34. The zero-order chi connectivity index (χ0) is 31.9. The van der Waals surface area contributed by atoms with Gasteiger partial charge in [-0.15, -0.1) is 0 Å². The number of hydrogen-bond acceptors (Lipinski definition) is 1. The van der Waals surface area contributed by atoms with Gasteiger partial charge in [0.1, 0.15) is 0 Å². The van der Waals surface area contributed by atoms with E-state index in [1.54, 1.807) is 0 Å². The monoisotopic (exact) mass is 612 g/mol. The van der Waals surface area contributed by atoms with Gasteiger partial charge in [-0.25, -0.2) is 0 Å². The summed E-state index contributed by atoms with van der Waals surface area (Å²) in [6.07, 6.45) is 2.86. The van der Waals surface area contributed by atoms with Crippen LogP contribution < -0.4 is 0 Å². The van der Waals surface area contributed by atoms with E-state index >= 15 is 0 Å². The summed E-state index contributed by atoms with van der Waals surface area (Å²) in [5.74, 6) is 0. The third-order valence-corrected chi connectivity index (χ3v) is 9.56. The molecule has 2 nitrogen and oxygen atoms in total. The van der Waals surface area contributed by atoms with Gasteiger partial charge in [0.25, 0.3) is 0 Å². The van der Waals surface area contributed by atoms with Crippen molar-refractivity contribution in [3.8, 4) is 0 Å². The topological polar surface area (TPSA) is 28.1 Å². The van der Waals surface area contributed by atoms with Crippen LogP contribution in [0.2, 0.25) is 0 Å². The lowest BCUT2D eigenvalue weighted by atomic mass is 9.93. The summed E-state index contributed by atoms with van der Waals surface area (Å²) < 4.78 is 0. The number of para-hydroxylation sites is 1. The summed E-state index contributed by atoms with van der Waals surface area (Å²) in [4.78, 5) is 8.39. The fraction of sp³-hybridized carbons (Fsp3) is 0.0217. The average Bonchev–Trinajstić information content (AvgIpc) is 3.55. The van der Waals surface area contributed by atoms with Crippen LogP contribution >= 0.6 is 0 Å². The quantitative estimate of drug-likeness (QED) is 0.152. The minimum absolute atomic E-state index is 0.838. The number of aliphatic imine (C=N–C) groups is 1. The Balaban J connectivity index is 0.000000131. The van der Waals surface area contributed by atoms with E-state index in [0.717, 1.165) is 12.1 Å². The first-order chi connectivity index (χ1) is 23.8. The molecule has 0 unspecified atom stereocenters. The number of aromatic nitrogens is 1. The number of fused-ring (bicyclic) bond motifs is 12. The van der Waals surface area contributed by atoms with Crippen molar-refractivity contribution in [3.05, 3.63) is 175 Å². The summed E-state index contributed by atoms with van der Waals surface area (Å²) >= 11 is 0. The lowest BCUT2D eigenvalue weighted by Gasteiger charge is -2.10. The highest BCUT2D eigenvalue weighted by molar-refractivity contribution is 6.36. The van der Waals surface area contributed by atoms with Gasteiger partial charge in [-0.2, -0.15) is 0 Å². The molecule has 0 amide bonds. The van der Waals surface area contributed by atoms with E-state index in [1.165, 1.54) is 81.2 Å². The zero-order valence-corrected chi connectivity index (χ0v) is 26.4. The number of aromatic amines is 1. The third-order valence-electron chi connectivity index (χ3n) is 9.56. The predicted octanol–water partition coefficient (Wildman–Crippen LogP) is 12.7. The molecule has 0 saturated carbocycles. The van der Waals surface area contributed by atoms with Crippen LogP contribution in [0, 0.1) is 0 Å². The molecule has 0 bridgehead atoms. The third kappa shape index (κ3) is 4.78. The molecule has 1 heterocycles. The Morgan fingerprint density at radius 2 is 0.958 bits per heavy atom. The largest absolute Gasteiger partial charge is 0.354 e. The molecule has 1 N–H and O–H groups in total. The maximum atomic E-state index is 4.71. The van der Waals surface area contributed by atoms with Crippen molar-refractivity contribution in [1.82, 2.24) is 4.98 Å². The van der Waals surface area contributed by atoms with Gasteiger partial charge in [0.05, 0.1) is 11.2 Å². The van der Waals surface area contributed by atoms with E-state index in [4.69, 9.17) is 4.99 Å². The minimum atomic E-state index is 0.838. The smallest absolute Gasteiger partial charge is 0.0704 e. The van der Waals surface area contributed by atoms with Crippen molar-refractivity contribution in [2.45, 2.75) is 6.42 Å². The van der Waals surface area contributed by atoms with Crippen LogP contribution in [0.4, 0.5) is 5.69 Å². The number of nitrogens with one attached hydrogen (secondary N) is 1. The Morgan fingerprint density at radius 3 is 1.75 bits per heavy atom. The van der Waals surface area contributed by atoms with Gasteiger partial charge in [-0.3, -0.25) is 4.99 Å². The van der Waals surface area contributed by atoms with Gasteiger partial charge in [0.15, 0.2) is 0 Å². The molecule has 10 aromatic rings. The van der Waals surface area contributed by atoms with Gasteiger partial charge in [-0.05, 0) is 55.4 Å². The second-order valence-corrected chi connectivity index (χ2v) is 12.3. The van der Waals surface area contributed by atoms with E-state index in [-0.39, 0.29) is 0 Å². The number of rotatable bonds is 3. The minimum Gasteiger partial charge on any atom is -0.354 e. The van der Waals surface area contributed by atoms with E-state index in [9.17, 15) is 0 Å². The molecule has 0 aliphatic heterocycles. The van der Waals surface area contributed by atoms with E-state index < -0.39 is 0 Å². The molecular weight excluding hydrogens is 581 g/mol. The molecular formula is C46H32N2. The summed E-state index contributed by atoms with van der Waals surface area (Å²) in [5.41, 5.74) is 4.78. The predicted molar refractivity (Wildman–Crippen MR) is 208 cm³/mol. The van der Waals surface area contributed by atoms with Crippen LogP contribution in [0.1, 0.15) is 5.56 Å². The highest BCUT2D eigenvalue weighted by Gasteiger charge is 2.15. The first kappa shape index (κ1) is 28.0. The summed E-state index contributed by atoms with van der Waals surface area (Å²) in [6, 6.07) is 60.1. The summed E-state index contributed by atoms with van der Waals surface area (Å²) in [5, 5.41) is 15.5. The van der Waals surface area contributed by atoms with Crippen LogP contribution in [-0.4, -0.2) is 11.2 Å². The van der Waals surface area contributed by atoms with Gasteiger partial charge in [0.2, 0.25) is 0 Å². The molecule has 9 aromatic carbocycles. The Hall–Kier alpha value is -6.25. The SMILES string of the molecule is C(Cc1cccc2ccccc12)=Nc1cccc2ccccc12.c1ccc2c(c1)ccc1c3ccccc3c3[nH]c4ccccc4c3c21. The first-order valence-corrected chi connectivity index (χ1v) is 16.5. The molecule has 0 fully saturated rings. The second-order valence-electron chi connectivity index (χ2n) is 12.3. The van der Waals surface area contributed by atoms with Crippen molar-refractivity contribution in [2.24, 2.45) is 4.99 Å². The fourth-order valence-corrected chi connectivity index (χ4v) is 7.34. The standard InChI is InChI=1S/C24H15N.C22H17N/c1-2-8-16-15(7-1)13-14-18-17-9-3-4-10-19(17)24-23(22(16)18)20-11-5-6-12-21(20)25-24;1-3-12-20-17(7-1)9-5-10-19(20)15-16-23-22-14-6-11-18-8-2-4-13-21(18)22/h1-14,25H;1-14,16H,15H2. The van der Waals surface area contributed by atoms with Gasteiger partial charge in [-0.1, -0.05) is 158 Å². The van der Waals surface area contributed by atoms with Crippen molar-refractivity contribution >= 4 is 87.6 Å². The van der Waals surface area contributed by atoms with E-state index in [2.05, 4.69) is 175 Å². The highest BCUT2D eigenvalue weighted by Crippen LogP contribution is 2.41. The van der Waals surface area contributed by atoms with Crippen LogP contribution in [-0.2, 0) is 6.42 Å². The maximum absolute atomic E-state index is 4.71. The van der Waals surface area contributed by atoms with E-state index in [1.807, 2.05) is 6.21 Å². The lowest BCUT2D eigenvalue weighted by molar-refractivity contribution is 1.38. The molecule has 0 radical (unpaired) electrons. The Bertz CT molecular complexity index is 2810. The first-order valence-electron chi connectivity index (χ1n) is 16.5. The molecule has 0 atom stereocenters. The normalized spacial score (nSPS) is 11.8. The number of nitrogens with zero attached hydrogens (tertiary/aromatic N) is 1. The van der Waals surface area contributed by atoms with Gasteiger partial charge in [0, 0.05) is 45.1 Å². The molecule has 0 aliphatic rings. The van der Waals surface area contributed by atoms with Crippen LogP contribution in [0.5, 0.6) is 0 Å². The molecule has 1 aromatic heterocycles. The molecule has 0 aliphatic carbocycles. The molecule has 0 spiro atoms. The number of benzene rings is 9. The molecule has 226 valence electrons. The maximum Gasteiger partial charge on any atom is 0.0704 e. The average molecular weight is 613 g/mol. The molecule has 48 heavy (non-hydrogen) atoms. The van der Waals surface area contributed by atoms with Crippen LogP contribution in [0.15, 0.2) is 175 Å². The Labute approximate surface area is 278 Å². The van der Waals surface area contributed by atoms with Gasteiger partial charge < -0.3 is 4.98 Å². The van der Waals surface area contributed by atoms with Crippen LogP contribution in [0.3, 0.4) is 0 Å². The lowest BCUT2D eigenvalue weighted by Crippen LogP contribution is -1.88. The zero-order valence-electron chi connectivity index (χ0n) is 26.4. The number of hydrogen-bond donors (Lipinski definition) is 1. The Kier molecular flexibility index (Phi) is 6.91. The highest BCUT2D eigenvalue weighted by atomic mass is 14.7. The summed E-state index contributed by atoms with van der Waals surface area (Å²) in [7, 11) is 0. The second kappa shape index (κ2) is 11.8. The summed E-state index contributed by atoms with van der Waals surface area (Å²) in [6.45, 7) is 0. The molecule has 10 rings (SSSR count). The van der Waals surface area contributed by atoms with E-state index in [0.29, 0.717) is 0 Å².